The molecule has 0 aromatic heterocycles. The summed E-state index contributed by atoms with van der Waals surface area (Å²) < 4.78 is 6.01. The van der Waals surface area contributed by atoms with E-state index in [0.29, 0.717) is 22.9 Å². The van der Waals surface area contributed by atoms with Crippen LogP contribution < -0.4 is 4.74 Å². The summed E-state index contributed by atoms with van der Waals surface area (Å²) >= 11 is 5.92. The standard InChI is InChI=1S/C21H17ClO2/c22-15-9-11-16(12-10-15)24-20-8-4-7-17-18(13-19(23)21(17)20)14-5-2-1-3-6-14/h1-12,18-19,23H,13H2/t18-,19-/m0/s1. The number of rotatable bonds is 3. The second-order valence-corrected chi connectivity index (χ2v) is 6.47. The Balaban J connectivity index is 1.72. The lowest BCUT2D eigenvalue weighted by molar-refractivity contribution is 0.173. The van der Waals surface area contributed by atoms with E-state index in [0.717, 1.165) is 11.1 Å². The molecule has 0 aliphatic heterocycles. The van der Waals surface area contributed by atoms with Gasteiger partial charge in [0, 0.05) is 16.5 Å². The first kappa shape index (κ1) is 15.3. The van der Waals surface area contributed by atoms with Crippen molar-refractivity contribution < 1.29 is 9.84 Å². The molecule has 0 saturated carbocycles. The Morgan fingerprint density at radius 1 is 0.875 bits per heavy atom. The third-order valence-electron chi connectivity index (χ3n) is 4.51. The van der Waals surface area contributed by atoms with Gasteiger partial charge in [0.2, 0.25) is 0 Å². The first-order valence-electron chi connectivity index (χ1n) is 8.01. The highest BCUT2D eigenvalue weighted by molar-refractivity contribution is 6.30. The zero-order valence-electron chi connectivity index (χ0n) is 13.0. The highest BCUT2D eigenvalue weighted by Gasteiger charge is 2.33. The van der Waals surface area contributed by atoms with Crippen LogP contribution in [0.5, 0.6) is 11.5 Å². The van der Waals surface area contributed by atoms with Crippen molar-refractivity contribution in [1.82, 2.24) is 0 Å². The Morgan fingerprint density at radius 2 is 1.62 bits per heavy atom. The number of fused-ring (bicyclic) bond motifs is 1. The Bertz CT molecular complexity index is 843. The van der Waals surface area contributed by atoms with E-state index in [9.17, 15) is 5.11 Å². The molecule has 0 fully saturated rings. The van der Waals surface area contributed by atoms with Gasteiger partial charge in [0.15, 0.2) is 0 Å². The van der Waals surface area contributed by atoms with Crippen molar-refractivity contribution in [3.63, 3.8) is 0 Å². The molecule has 2 nitrogen and oxygen atoms in total. The maximum Gasteiger partial charge on any atom is 0.133 e. The second-order valence-electron chi connectivity index (χ2n) is 6.03. The van der Waals surface area contributed by atoms with Crippen molar-refractivity contribution in [3.8, 4) is 11.5 Å². The van der Waals surface area contributed by atoms with Crippen LogP contribution in [-0.4, -0.2) is 5.11 Å². The summed E-state index contributed by atoms with van der Waals surface area (Å²) in [5, 5.41) is 11.3. The number of aliphatic hydroxyl groups excluding tert-OH is 1. The molecule has 3 heteroatoms. The lowest BCUT2D eigenvalue weighted by Gasteiger charge is -2.14. The fraction of sp³-hybridized carbons (Fsp3) is 0.143. The maximum absolute atomic E-state index is 10.6. The SMILES string of the molecule is O[C@H]1C[C@@H](c2ccccc2)c2cccc(Oc3ccc(Cl)cc3)c21. The van der Waals surface area contributed by atoms with E-state index in [1.165, 1.54) is 5.56 Å². The third kappa shape index (κ3) is 2.79. The predicted octanol–water partition coefficient (Wildman–Crippen LogP) is 5.70. The van der Waals surface area contributed by atoms with E-state index in [4.69, 9.17) is 16.3 Å². The van der Waals surface area contributed by atoms with Crippen LogP contribution in [0.4, 0.5) is 0 Å². The molecule has 1 N–H and O–H groups in total. The molecule has 1 aliphatic carbocycles. The van der Waals surface area contributed by atoms with Gasteiger partial charge in [0.05, 0.1) is 6.10 Å². The highest BCUT2D eigenvalue weighted by atomic mass is 35.5. The molecule has 0 heterocycles. The summed E-state index contributed by atoms with van der Waals surface area (Å²) in [6.07, 6.45) is 0.161. The van der Waals surface area contributed by atoms with E-state index in [1.807, 2.05) is 42.5 Å². The van der Waals surface area contributed by atoms with Gasteiger partial charge in [-0.05, 0) is 47.9 Å². The van der Waals surface area contributed by atoms with E-state index in [-0.39, 0.29) is 5.92 Å². The highest BCUT2D eigenvalue weighted by Crippen LogP contribution is 2.48. The Hall–Kier alpha value is -2.29. The van der Waals surface area contributed by atoms with Crippen molar-refractivity contribution >= 4 is 11.6 Å². The van der Waals surface area contributed by atoms with Crippen LogP contribution in [0, 0.1) is 0 Å². The van der Waals surface area contributed by atoms with Gasteiger partial charge >= 0.3 is 0 Å². The zero-order chi connectivity index (χ0) is 16.5. The average molecular weight is 337 g/mol. The van der Waals surface area contributed by atoms with Gasteiger partial charge in [-0.1, -0.05) is 54.1 Å². The lowest BCUT2D eigenvalue weighted by Crippen LogP contribution is -1.96. The van der Waals surface area contributed by atoms with Gasteiger partial charge in [-0.3, -0.25) is 0 Å². The summed E-state index contributed by atoms with van der Waals surface area (Å²) in [7, 11) is 0. The van der Waals surface area contributed by atoms with Crippen LogP contribution in [-0.2, 0) is 0 Å². The van der Waals surface area contributed by atoms with Crippen molar-refractivity contribution in [2.75, 3.05) is 0 Å². The van der Waals surface area contributed by atoms with E-state index in [1.54, 1.807) is 12.1 Å². The zero-order valence-corrected chi connectivity index (χ0v) is 13.8. The molecular weight excluding hydrogens is 320 g/mol. The maximum atomic E-state index is 10.6. The molecule has 0 spiro atoms. The normalized spacial score (nSPS) is 19.1. The first-order chi connectivity index (χ1) is 11.7. The fourth-order valence-corrected chi connectivity index (χ4v) is 3.54. The molecule has 4 rings (SSSR count). The number of hydrogen-bond donors (Lipinski definition) is 1. The molecule has 1 aliphatic rings. The smallest absolute Gasteiger partial charge is 0.133 e. The van der Waals surface area contributed by atoms with Gasteiger partial charge in [0.25, 0.3) is 0 Å². The minimum atomic E-state index is -0.520. The summed E-state index contributed by atoms with van der Waals surface area (Å²) in [5.74, 6) is 1.62. The lowest BCUT2D eigenvalue weighted by atomic mass is 9.93. The molecule has 0 bridgehead atoms. The van der Waals surface area contributed by atoms with E-state index in [2.05, 4.69) is 18.2 Å². The summed E-state index contributed by atoms with van der Waals surface area (Å²) in [5.41, 5.74) is 3.25. The summed E-state index contributed by atoms with van der Waals surface area (Å²) in [6, 6.07) is 23.5. The van der Waals surface area contributed by atoms with Gasteiger partial charge in [-0.2, -0.15) is 0 Å². The fourth-order valence-electron chi connectivity index (χ4n) is 3.41. The van der Waals surface area contributed by atoms with Gasteiger partial charge in [-0.25, -0.2) is 0 Å². The molecule has 0 unspecified atom stereocenters. The van der Waals surface area contributed by atoms with Crippen molar-refractivity contribution in [3.05, 3.63) is 94.5 Å². The van der Waals surface area contributed by atoms with Crippen LogP contribution in [0.2, 0.25) is 5.02 Å². The first-order valence-corrected chi connectivity index (χ1v) is 8.39. The number of halogens is 1. The molecule has 0 saturated heterocycles. The van der Waals surface area contributed by atoms with Gasteiger partial charge in [-0.15, -0.1) is 0 Å². The Labute approximate surface area is 146 Å². The molecule has 3 aromatic carbocycles. The molecule has 2 atom stereocenters. The van der Waals surface area contributed by atoms with Crippen LogP contribution in [0.1, 0.15) is 35.1 Å². The van der Waals surface area contributed by atoms with Crippen molar-refractivity contribution in [1.29, 1.82) is 0 Å². The van der Waals surface area contributed by atoms with Crippen LogP contribution in [0.25, 0.3) is 0 Å². The molecular formula is C21H17ClO2. The van der Waals surface area contributed by atoms with Crippen LogP contribution in [0.15, 0.2) is 72.8 Å². The van der Waals surface area contributed by atoms with Crippen LogP contribution in [0.3, 0.4) is 0 Å². The number of aliphatic hydroxyl groups is 1. The molecule has 0 amide bonds. The second kappa shape index (κ2) is 6.31. The van der Waals surface area contributed by atoms with E-state index >= 15 is 0 Å². The van der Waals surface area contributed by atoms with Crippen LogP contribution >= 0.6 is 11.6 Å². The predicted molar refractivity (Wildman–Crippen MR) is 95.8 cm³/mol. The Morgan fingerprint density at radius 3 is 2.38 bits per heavy atom. The third-order valence-corrected chi connectivity index (χ3v) is 4.76. The quantitative estimate of drug-likeness (QED) is 0.664. The largest absolute Gasteiger partial charge is 0.457 e. The minimum absolute atomic E-state index is 0.199. The molecule has 120 valence electrons. The topological polar surface area (TPSA) is 29.5 Å². The number of benzene rings is 3. The minimum Gasteiger partial charge on any atom is -0.457 e. The molecule has 0 radical (unpaired) electrons. The average Bonchev–Trinajstić information content (AvgIpc) is 2.96. The monoisotopic (exact) mass is 336 g/mol. The number of ether oxygens (including phenoxy) is 1. The van der Waals surface area contributed by atoms with Crippen molar-refractivity contribution in [2.24, 2.45) is 0 Å². The molecule has 24 heavy (non-hydrogen) atoms. The van der Waals surface area contributed by atoms with E-state index < -0.39 is 6.10 Å². The van der Waals surface area contributed by atoms with Crippen molar-refractivity contribution in [2.45, 2.75) is 18.4 Å². The van der Waals surface area contributed by atoms with Gasteiger partial charge in [0.1, 0.15) is 11.5 Å². The Kier molecular flexibility index (Phi) is 4.01. The summed E-state index contributed by atoms with van der Waals surface area (Å²) in [6.45, 7) is 0. The number of hydrogen-bond acceptors (Lipinski definition) is 2. The summed E-state index contributed by atoms with van der Waals surface area (Å²) in [4.78, 5) is 0. The van der Waals surface area contributed by atoms with Gasteiger partial charge < -0.3 is 9.84 Å². The molecule has 3 aromatic rings.